The van der Waals surface area contributed by atoms with Crippen LogP contribution in [0.25, 0.3) is 22.6 Å². The second-order valence-corrected chi connectivity index (χ2v) is 8.45. The van der Waals surface area contributed by atoms with Crippen molar-refractivity contribution in [3.8, 4) is 22.6 Å². The largest absolute Gasteiger partial charge is 0.379 e. The molecule has 1 unspecified atom stereocenters. The van der Waals surface area contributed by atoms with Crippen molar-refractivity contribution in [3.63, 3.8) is 0 Å². The van der Waals surface area contributed by atoms with Crippen LogP contribution >= 0.6 is 0 Å². The second kappa shape index (κ2) is 9.29. The van der Waals surface area contributed by atoms with Crippen LogP contribution in [0.1, 0.15) is 22.6 Å². The van der Waals surface area contributed by atoms with Crippen molar-refractivity contribution >= 4 is 11.6 Å². The number of aryl methyl sites for hydroxylation is 1. The Morgan fingerprint density at radius 3 is 2.79 bits per heavy atom. The van der Waals surface area contributed by atoms with Crippen LogP contribution in [0.5, 0.6) is 0 Å². The summed E-state index contributed by atoms with van der Waals surface area (Å²) in [4.78, 5) is 33.8. The highest BCUT2D eigenvalue weighted by atomic mass is 16.5. The quantitative estimate of drug-likeness (QED) is 0.641. The standard InChI is InChI=1S/C24H28N6O3/c1-16-22(24(31)29(2)19-4-8-33-15-19)28-23(27-16)21-12-17(3-5-26-21)18-11-20(14-25-13-18)30-6-9-32-10-7-30/h3,5,11-14,19H,4,6-10,15H2,1-2H3,(H,27,28). The van der Waals surface area contributed by atoms with Crippen molar-refractivity contribution in [3.05, 3.63) is 48.2 Å². The van der Waals surface area contributed by atoms with Gasteiger partial charge in [-0.3, -0.25) is 14.8 Å². The monoisotopic (exact) mass is 448 g/mol. The van der Waals surface area contributed by atoms with Crippen LogP contribution in [0.3, 0.4) is 0 Å². The highest BCUT2D eigenvalue weighted by Crippen LogP contribution is 2.27. The molecule has 1 N–H and O–H groups in total. The van der Waals surface area contributed by atoms with E-state index in [1.54, 1.807) is 11.1 Å². The van der Waals surface area contributed by atoms with E-state index in [1.807, 2.05) is 38.5 Å². The Morgan fingerprint density at radius 2 is 2.00 bits per heavy atom. The Kier molecular flexibility index (Phi) is 6.06. The molecule has 3 aromatic heterocycles. The Hall–Kier alpha value is -3.30. The third-order valence-electron chi connectivity index (χ3n) is 6.30. The first-order chi connectivity index (χ1) is 16.1. The van der Waals surface area contributed by atoms with Gasteiger partial charge in [-0.15, -0.1) is 0 Å². The minimum Gasteiger partial charge on any atom is -0.379 e. The Balaban J connectivity index is 1.40. The van der Waals surface area contributed by atoms with Crippen LogP contribution < -0.4 is 4.90 Å². The summed E-state index contributed by atoms with van der Waals surface area (Å²) in [6.45, 7) is 6.29. The van der Waals surface area contributed by atoms with Crippen LogP contribution in [0.2, 0.25) is 0 Å². The molecule has 1 atom stereocenters. The second-order valence-electron chi connectivity index (χ2n) is 8.45. The number of imidazole rings is 1. The van der Waals surface area contributed by atoms with Gasteiger partial charge in [-0.1, -0.05) is 0 Å². The van der Waals surface area contributed by atoms with Gasteiger partial charge in [0.2, 0.25) is 0 Å². The molecule has 0 bridgehead atoms. The van der Waals surface area contributed by atoms with Gasteiger partial charge in [0.25, 0.3) is 5.91 Å². The number of anilines is 1. The van der Waals surface area contributed by atoms with Crippen LogP contribution in [-0.2, 0) is 9.47 Å². The molecule has 0 aliphatic carbocycles. The molecule has 2 aliphatic heterocycles. The zero-order chi connectivity index (χ0) is 22.8. The number of nitrogens with zero attached hydrogens (tertiary/aromatic N) is 5. The van der Waals surface area contributed by atoms with Crippen molar-refractivity contribution in [2.45, 2.75) is 19.4 Å². The van der Waals surface area contributed by atoms with Crippen LogP contribution in [0.15, 0.2) is 36.8 Å². The minimum absolute atomic E-state index is 0.0877. The molecule has 0 saturated carbocycles. The van der Waals surface area contributed by atoms with E-state index in [0.29, 0.717) is 30.4 Å². The molecule has 172 valence electrons. The molecule has 3 aromatic rings. The van der Waals surface area contributed by atoms with Crippen molar-refractivity contribution in [1.29, 1.82) is 0 Å². The average molecular weight is 449 g/mol. The van der Waals surface area contributed by atoms with Gasteiger partial charge < -0.3 is 24.3 Å². The van der Waals surface area contributed by atoms with Crippen LogP contribution in [0, 0.1) is 6.92 Å². The first kappa shape index (κ1) is 21.5. The van der Waals surface area contributed by atoms with Crippen molar-refractivity contribution in [2.24, 2.45) is 0 Å². The summed E-state index contributed by atoms with van der Waals surface area (Å²) >= 11 is 0. The smallest absolute Gasteiger partial charge is 0.274 e. The van der Waals surface area contributed by atoms with E-state index in [9.17, 15) is 4.79 Å². The third-order valence-corrected chi connectivity index (χ3v) is 6.30. The molecular weight excluding hydrogens is 420 g/mol. The Labute approximate surface area is 192 Å². The van der Waals surface area contributed by atoms with E-state index in [2.05, 4.69) is 30.9 Å². The number of aromatic amines is 1. The lowest BCUT2D eigenvalue weighted by Gasteiger charge is -2.28. The van der Waals surface area contributed by atoms with Crippen LogP contribution in [-0.4, -0.2) is 83.3 Å². The summed E-state index contributed by atoms with van der Waals surface area (Å²) in [6, 6.07) is 6.16. The van der Waals surface area contributed by atoms with Gasteiger partial charge in [0, 0.05) is 50.4 Å². The number of rotatable bonds is 5. The lowest BCUT2D eigenvalue weighted by atomic mass is 10.1. The molecule has 5 rings (SSSR count). The number of nitrogens with one attached hydrogen (secondary N) is 1. The number of H-pyrrole nitrogens is 1. The number of ether oxygens (including phenoxy) is 2. The molecule has 2 aliphatic rings. The normalized spacial score (nSPS) is 18.5. The number of aromatic nitrogens is 4. The van der Waals surface area contributed by atoms with Gasteiger partial charge in [0.05, 0.1) is 37.7 Å². The molecule has 0 aromatic carbocycles. The molecule has 1 amide bonds. The summed E-state index contributed by atoms with van der Waals surface area (Å²) in [7, 11) is 1.81. The highest BCUT2D eigenvalue weighted by Gasteiger charge is 2.28. The lowest BCUT2D eigenvalue weighted by Crippen LogP contribution is -2.37. The predicted molar refractivity (Wildman–Crippen MR) is 124 cm³/mol. The minimum atomic E-state index is -0.107. The molecule has 9 heteroatoms. The van der Waals surface area contributed by atoms with E-state index in [1.165, 1.54) is 0 Å². The number of pyridine rings is 2. The van der Waals surface area contributed by atoms with Gasteiger partial charge in [-0.05, 0) is 37.1 Å². The summed E-state index contributed by atoms with van der Waals surface area (Å²) < 4.78 is 10.9. The van der Waals surface area contributed by atoms with Gasteiger partial charge in [0.15, 0.2) is 5.82 Å². The highest BCUT2D eigenvalue weighted by molar-refractivity contribution is 5.94. The molecule has 2 fully saturated rings. The van der Waals surface area contributed by atoms with Gasteiger partial charge in [-0.25, -0.2) is 4.98 Å². The lowest BCUT2D eigenvalue weighted by molar-refractivity contribution is 0.0705. The number of carbonyl (C=O) groups is 1. The first-order valence-electron chi connectivity index (χ1n) is 11.3. The molecule has 33 heavy (non-hydrogen) atoms. The van der Waals surface area contributed by atoms with Gasteiger partial charge in [-0.2, -0.15) is 0 Å². The Bertz CT molecular complexity index is 1130. The molecule has 2 saturated heterocycles. The van der Waals surface area contributed by atoms with Gasteiger partial charge in [0.1, 0.15) is 11.4 Å². The topological polar surface area (TPSA) is 96.5 Å². The fraction of sp³-hybridized carbons (Fsp3) is 0.417. The summed E-state index contributed by atoms with van der Waals surface area (Å²) in [6.07, 6.45) is 6.34. The van der Waals surface area contributed by atoms with E-state index in [0.717, 1.165) is 55.2 Å². The Morgan fingerprint density at radius 1 is 1.15 bits per heavy atom. The summed E-state index contributed by atoms with van der Waals surface area (Å²) in [5, 5.41) is 0. The van der Waals surface area contributed by atoms with Gasteiger partial charge >= 0.3 is 0 Å². The molecule has 9 nitrogen and oxygen atoms in total. The van der Waals surface area contributed by atoms with Crippen molar-refractivity contribution < 1.29 is 14.3 Å². The van der Waals surface area contributed by atoms with Crippen molar-refractivity contribution in [2.75, 3.05) is 51.5 Å². The predicted octanol–water partition coefficient (Wildman–Crippen LogP) is 2.54. The molecule has 0 radical (unpaired) electrons. The fourth-order valence-corrected chi connectivity index (χ4v) is 4.27. The number of hydrogen-bond donors (Lipinski definition) is 1. The third kappa shape index (κ3) is 4.46. The maximum absolute atomic E-state index is 13.0. The average Bonchev–Trinajstić information content (AvgIpc) is 3.54. The fourth-order valence-electron chi connectivity index (χ4n) is 4.27. The number of morpholine rings is 1. The maximum Gasteiger partial charge on any atom is 0.274 e. The number of likely N-dealkylation sites (N-methyl/N-ethyl adjacent to an activating group) is 1. The molecule has 5 heterocycles. The van der Waals surface area contributed by atoms with E-state index < -0.39 is 0 Å². The van der Waals surface area contributed by atoms with E-state index in [-0.39, 0.29) is 11.9 Å². The summed E-state index contributed by atoms with van der Waals surface area (Å²) in [5.41, 5.74) is 4.90. The van der Waals surface area contributed by atoms with E-state index in [4.69, 9.17) is 9.47 Å². The van der Waals surface area contributed by atoms with Crippen molar-refractivity contribution in [1.82, 2.24) is 24.8 Å². The zero-order valence-electron chi connectivity index (χ0n) is 19.0. The zero-order valence-corrected chi connectivity index (χ0v) is 19.0. The summed E-state index contributed by atoms with van der Waals surface area (Å²) in [5.74, 6) is 0.468. The molecule has 0 spiro atoms. The maximum atomic E-state index is 13.0. The number of hydrogen-bond acceptors (Lipinski definition) is 7. The van der Waals surface area contributed by atoms with Crippen LogP contribution in [0.4, 0.5) is 5.69 Å². The molecular formula is C24H28N6O3. The SMILES string of the molecule is Cc1[nH]c(-c2cc(-c3cncc(N4CCOCC4)c3)ccn2)nc1C(=O)N(C)C1CCOC1. The number of amides is 1. The first-order valence-corrected chi connectivity index (χ1v) is 11.3. The number of carbonyl (C=O) groups excluding carboxylic acids is 1. The van der Waals surface area contributed by atoms with E-state index >= 15 is 0 Å².